The van der Waals surface area contributed by atoms with Crippen LogP contribution in [0.4, 0.5) is 10.1 Å². The molecule has 1 aromatic carbocycles. The van der Waals surface area contributed by atoms with Crippen LogP contribution in [0.5, 0.6) is 0 Å². The predicted molar refractivity (Wildman–Crippen MR) is 70.7 cm³/mol. The molecular formula is C12H13Cl2FN2O. The third kappa shape index (κ3) is 3.13. The molecule has 0 radical (unpaired) electrons. The zero-order valence-corrected chi connectivity index (χ0v) is 11.1. The summed E-state index contributed by atoms with van der Waals surface area (Å²) in [7, 11) is 0. The van der Waals surface area contributed by atoms with Crippen molar-refractivity contribution in [2.24, 2.45) is 0 Å². The van der Waals surface area contributed by atoms with Crippen LogP contribution in [0.1, 0.15) is 19.3 Å². The van der Waals surface area contributed by atoms with Gasteiger partial charge >= 0.3 is 0 Å². The largest absolute Gasteiger partial charge is 0.322 e. The summed E-state index contributed by atoms with van der Waals surface area (Å²) >= 11 is 11.7. The number of benzene rings is 1. The minimum absolute atomic E-state index is 0.101. The van der Waals surface area contributed by atoms with Gasteiger partial charge in [0.15, 0.2) is 0 Å². The van der Waals surface area contributed by atoms with Gasteiger partial charge in [-0.1, -0.05) is 29.6 Å². The fourth-order valence-corrected chi connectivity index (χ4v) is 2.50. The first kappa shape index (κ1) is 13.6. The van der Waals surface area contributed by atoms with Crippen molar-refractivity contribution in [3.8, 4) is 0 Å². The van der Waals surface area contributed by atoms with E-state index in [1.165, 1.54) is 0 Å². The van der Waals surface area contributed by atoms with E-state index in [4.69, 9.17) is 23.2 Å². The normalized spacial score (nSPS) is 19.6. The van der Waals surface area contributed by atoms with Crippen molar-refractivity contribution in [3.05, 3.63) is 28.0 Å². The maximum absolute atomic E-state index is 13.0. The number of halogens is 3. The van der Waals surface area contributed by atoms with Gasteiger partial charge in [-0.05, 0) is 31.5 Å². The van der Waals surface area contributed by atoms with Gasteiger partial charge < -0.3 is 10.6 Å². The second kappa shape index (κ2) is 5.87. The highest BCUT2D eigenvalue weighted by Crippen LogP contribution is 2.31. The number of rotatable bonds is 2. The Kier molecular flexibility index (Phi) is 4.43. The van der Waals surface area contributed by atoms with Gasteiger partial charge in [0.1, 0.15) is 5.82 Å². The van der Waals surface area contributed by atoms with Crippen LogP contribution in [0.25, 0.3) is 0 Å². The summed E-state index contributed by atoms with van der Waals surface area (Å²) in [6.07, 6.45) is 2.86. The molecule has 3 nitrogen and oxygen atoms in total. The molecule has 1 aliphatic heterocycles. The van der Waals surface area contributed by atoms with E-state index in [-0.39, 0.29) is 27.7 Å². The molecule has 1 heterocycles. The number of hydrogen-bond acceptors (Lipinski definition) is 2. The van der Waals surface area contributed by atoms with E-state index in [2.05, 4.69) is 10.6 Å². The molecule has 2 N–H and O–H groups in total. The Bertz CT molecular complexity index is 438. The van der Waals surface area contributed by atoms with E-state index in [1.54, 1.807) is 0 Å². The highest BCUT2D eigenvalue weighted by atomic mass is 35.5. The van der Waals surface area contributed by atoms with Gasteiger partial charge in [0.25, 0.3) is 0 Å². The van der Waals surface area contributed by atoms with Crippen LogP contribution in [-0.4, -0.2) is 18.5 Å². The standard InChI is InChI=1S/C12H13Cl2FN2O/c13-8-5-7(15)6-9(14)11(8)17-12(18)10-3-1-2-4-16-10/h5-6,10,16H,1-4H2,(H,17,18)/t10-/m1/s1. The molecule has 2 rings (SSSR count). The van der Waals surface area contributed by atoms with E-state index in [9.17, 15) is 9.18 Å². The monoisotopic (exact) mass is 290 g/mol. The molecule has 0 bridgehead atoms. The van der Waals surface area contributed by atoms with E-state index >= 15 is 0 Å². The molecule has 0 unspecified atom stereocenters. The molecule has 0 aromatic heterocycles. The lowest BCUT2D eigenvalue weighted by Crippen LogP contribution is -2.43. The zero-order chi connectivity index (χ0) is 13.1. The number of hydrogen-bond donors (Lipinski definition) is 2. The van der Waals surface area contributed by atoms with Crippen molar-refractivity contribution >= 4 is 34.8 Å². The maximum Gasteiger partial charge on any atom is 0.241 e. The molecule has 6 heteroatoms. The van der Waals surface area contributed by atoms with Gasteiger partial charge in [-0.3, -0.25) is 4.79 Å². The summed E-state index contributed by atoms with van der Waals surface area (Å²) in [5.41, 5.74) is 0.261. The average Bonchev–Trinajstić information content (AvgIpc) is 2.34. The highest BCUT2D eigenvalue weighted by Gasteiger charge is 2.22. The molecule has 1 aliphatic rings. The van der Waals surface area contributed by atoms with Crippen LogP contribution >= 0.6 is 23.2 Å². The number of piperidine rings is 1. The summed E-state index contributed by atoms with van der Waals surface area (Å²) in [5, 5.41) is 5.96. The molecule has 18 heavy (non-hydrogen) atoms. The molecular weight excluding hydrogens is 278 g/mol. The molecule has 0 spiro atoms. The van der Waals surface area contributed by atoms with Crippen molar-refractivity contribution in [1.29, 1.82) is 0 Å². The van der Waals surface area contributed by atoms with Gasteiger partial charge in [0, 0.05) is 0 Å². The summed E-state index contributed by atoms with van der Waals surface area (Å²) in [6.45, 7) is 0.822. The zero-order valence-electron chi connectivity index (χ0n) is 9.60. The molecule has 1 aromatic rings. The SMILES string of the molecule is O=C(Nc1c(Cl)cc(F)cc1Cl)[C@H]1CCCCN1. The fourth-order valence-electron chi connectivity index (χ4n) is 1.95. The average molecular weight is 291 g/mol. The Labute approximate surface area is 115 Å². The number of anilines is 1. The summed E-state index contributed by atoms with van der Waals surface area (Å²) in [5.74, 6) is -0.719. The first-order chi connectivity index (χ1) is 8.58. The lowest BCUT2D eigenvalue weighted by molar-refractivity contribution is -0.118. The van der Waals surface area contributed by atoms with Crippen LogP contribution in [0.15, 0.2) is 12.1 Å². The lowest BCUT2D eigenvalue weighted by atomic mass is 10.0. The topological polar surface area (TPSA) is 41.1 Å². The third-order valence-electron chi connectivity index (χ3n) is 2.88. The quantitative estimate of drug-likeness (QED) is 0.878. The molecule has 1 fully saturated rings. The van der Waals surface area contributed by atoms with Crippen molar-refractivity contribution in [3.63, 3.8) is 0 Å². The second-order valence-corrected chi connectivity index (χ2v) is 5.05. The Hall–Kier alpha value is -0.840. The third-order valence-corrected chi connectivity index (χ3v) is 3.48. The van der Waals surface area contributed by atoms with Crippen LogP contribution < -0.4 is 10.6 Å². The van der Waals surface area contributed by atoms with Crippen LogP contribution in [0.3, 0.4) is 0 Å². The van der Waals surface area contributed by atoms with E-state index in [1.807, 2.05) is 0 Å². The first-order valence-corrected chi connectivity index (χ1v) is 6.52. The van der Waals surface area contributed by atoms with Gasteiger partial charge in [-0.25, -0.2) is 4.39 Å². The fraction of sp³-hybridized carbons (Fsp3) is 0.417. The van der Waals surface area contributed by atoms with E-state index in [0.717, 1.165) is 37.9 Å². The maximum atomic E-state index is 13.0. The van der Waals surface area contributed by atoms with Gasteiger partial charge in [-0.2, -0.15) is 0 Å². The van der Waals surface area contributed by atoms with E-state index in [0.29, 0.717) is 0 Å². The van der Waals surface area contributed by atoms with Gasteiger partial charge in [0.05, 0.1) is 21.8 Å². The summed E-state index contributed by atoms with van der Waals surface area (Å²) < 4.78 is 13.0. The van der Waals surface area contributed by atoms with Gasteiger partial charge in [-0.15, -0.1) is 0 Å². The summed E-state index contributed by atoms with van der Waals surface area (Å²) in [4.78, 5) is 12.0. The molecule has 0 saturated carbocycles. The molecule has 98 valence electrons. The highest BCUT2D eigenvalue weighted by molar-refractivity contribution is 6.39. The van der Waals surface area contributed by atoms with Crippen LogP contribution in [0.2, 0.25) is 10.0 Å². The number of carbonyl (C=O) groups is 1. The Morgan fingerprint density at radius 3 is 2.56 bits per heavy atom. The predicted octanol–water partition coefficient (Wildman–Crippen LogP) is 3.21. The Morgan fingerprint density at radius 2 is 2.00 bits per heavy atom. The number of carbonyl (C=O) groups excluding carboxylic acids is 1. The van der Waals surface area contributed by atoms with E-state index < -0.39 is 5.82 Å². The Morgan fingerprint density at radius 1 is 1.33 bits per heavy atom. The van der Waals surface area contributed by atoms with Crippen LogP contribution in [0, 0.1) is 5.82 Å². The molecule has 1 atom stereocenters. The molecule has 0 aliphatic carbocycles. The smallest absolute Gasteiger partial charge is 0.241 e. The Balaban J connectivity index is 2.11. The number of amides is 1. The minimum Gasteiger partial charge on any atom is -0.322 e. The molecule has 1 amide bonds. The second-order valence-electron chi connectivity index (χ2n) is 4.24. The lowest BCUT2D eigenvalue weighted by Gasteiger charge is -2.23. The van der Waals surface area contributed by atoms with Crippen molar-refractivity contribution < 1.29 is 9.18 Å². The molecule has 1 saturated heterocycles. The summed E-state index contributed by atoms with van der Waals surface area (Å²) in [6, 6.07) is 2.00. The van der Waals surface area contributed by atoms with Crippen molar-refractivity contribution in [2.45, 2.75) is 25.3 Å². The first-order valence-electron chi connectivity index (χ1n) is 5.76. The van der Waals surface area contributed by atoms with Gasteiger partial charge in [0.2, 0.25) is 5.91 Å². The van der Waals surface area contributed by atoms with Crippen LogP contribution in [-0.2, 0) is 4.79 Å². The number of nitrogens with one attached hydrogen (secondary N) is 2. The van der Waals surface area contributed by atoms with Crippen molar-refractivity contribution in [1.82, 2.24) is 5.32 Å². The van der Waals surface area contributed by atoms with Crippen molar-refractivity contribution in [2.75, 3.05) is 11.9 Å². The minimum atomic E-state index is -0.529.